The number of likely N-dealkylation sites (tertiary alicyclic amines) is 1. The van der Waals surface area contributed by atoms with E-state index in [2.05, 4.69) is 15.2 Å². The van der Waals surface area contributed by atoms with Gasteiger partial charge >= 0.3 is 0 Å². The molecule has 1 N–H and O–H groups in total. The van der Waals surface area contributed by atoms with Gasteiger partial charge in [0.05, 0.1) is 5.60 Å². The molecule has 3 heterocycles. The standard InChI is InChI=1S/C22H23N5O2/c28-21(19-9-4-10-20(25-19)27-14-23-24-15-27)26-12-16-6-5-11-22(29,18(16)13-26)17-7-2-1-3-8-17/h1-4,7-10,14-16,18,29H,5-6,11-13H2/t16-,18+,22+/m1/s1. The van der Waals surface area contributed by atoms with Gasteiger partial charge in [0.15, 0.2) is 0 Å². The molecule has 1 aliphatic heterocycles. The van der Waals surface area contributed by atoms with Crippen LogP contribution >= 0.6 is 0 Å². The Hall–Kier alpha value is -3.06. The molecule has 3 aromatic rings. The summed E-state index contributed by atoms with van der Waals surface area (Å²) in [6.45, 7) is 1.21. The van der Waals surface area contributed by atoms with E-state index in [0.717, 1.165) is 24.8 Å². The van der Waals surface area contributed by atoms with E-state index in [1.54, 1.807) is 23.3 Å². The van der Waals surface area contributed by atoms with Crippen LogP contribution in [0.1, 0.15) is 35.3 Å². The Morgan fingerprint density at radius 3 is 2.62 bits per heavy atom. The van der Waals surface area contributed by atoms with Crippen molar-refractivity contribution in [2.75, 3.05) is 13.1 Å². The number of amides is 1. The van der Waals surface area contributed by atoms with Crippen LogP contribution in [0, 0.1) is 11.8 Å². The highest BCUT2D eigenvalue weighted by molar-refractivity contribution is 5.92. The third kappa shape index (κ3) is 3.11. The SMILES string of the molecule is O=C(c1cccc(-n2cnnc2)n1)N1C[C@H]2CCC[C@](O)(c3ccccc3)[C@H]2C1. The summed E-state index contributed by atoms with van der Waals surface area (Å²) in [5.74, 6) is 0.866. The zero-order chi connectivity index (χ0) is 19.8. The highest BCUT2D eigenvalue weighted by atomic mass is 16.3. The van der Waals surface area contributed by atoms with E-state index in [-0.39, 0.29) is 11.8 Å². The Morgan fingerprint density at radius 1 is 1.03 bits per heavy atom. The van der Waals surface area contributed by atoms with E-state index in [1.807, 2.05) is 47.4 Å². The zero-order valence-corrected chi connectivity index (χ0v) is 16.1. The normalized spacial score (nSPS) is 26.3. The number of hydrogen-bond donors (Lipinski definition) is 1. The number of pyridine rings is 1. The van der Waals surface area contributed by atoms with Crippen molar-refractivity contribution in [1.29, 1.82) is 0 Å². The molecule has 0 spiro atoms. The topological polar surface area (TPSA) is 84.1 Å². The molecule has 2 fully saturated rings. The number of hydrogen-bond acceptors (Lipinski definition) is 5. The Labute approximate surface area is 169 Å². The first-order valence-electron chi connectivity index (χ1n) is 10.0. The molecule has 1 aromatic carbocycles. The average Bonchev–Trinajstić information content (AvgIpc) is 3.45. The lowest BCUT2D eigenvalue weighted by Gasteiger charge is -2.41. The summed E-state index contributed by atoms with van der Waals surface area (Å²) in [7, 11) is 0. The van der Waals surface area contributed by atoms with Crippen molar-refractivity contribution in [3.8, 4) is 5.82 Å². The predicted molar refractivity (Wildman–Crippen MR) is 106 cm³/mol. The highest BCUT2D eigenvalue weighted by Gasteiger charge is 2.50. The van der Waals surface area contributed by atoms with Gasteiger partial charge in [-0.05, 0) is 42.9 Å². The Morgan fingerprint density at radius 2 is 1.83 bits per heavy atom. The first kappa shape index (κ1) is 18.0. The third-order valence-electron chi connectivity index (χ3n) is 6.38. The van der Waals surface area contributed by atoms with Gasteiger partial charge in [0.2, 0.25) is 0 Å². The van der Waals surface area contributed by atoms with E-state index >= 15 is 0 Å². The first-order valence-corrected chi connectivity index (χ1v) is 10.0. The molecule has 2 aliphatic rings. The molecule has 148 valence electrons. The van der Waals surface area contributed by atoms with Gasteiger partial charge in [-0.2, -0.15) is 0 Å². The molecule has 1 saturated heterocycles. The second-order valence-electron chi connectivity index (χ2n) is 8.01. The molecular formula is C22H23N5O2. The largest absolute Gasteiger partial charge is 0.385 e. The Kier molecular flexibility index (Phi) is 4.39. The van der Waals surface area contributed by atoms with Crippen molar-refractivity contribution in [2.45, 2.75) is 24.9 Å². The van der Waals surface area contributed by atoms with Crippen LogP contribution in [0.25, 0.3) is 5.82 Å². The minimum Gasteiger partial charge on any atom is -0.385 e. The van der Waals surface area contributed by atoms with E-state index in [9.17, 15) is 9.90 Å². The van der Waals surface area contributed by atoms with Crippen molar-refractivity contribution in [3.63, 3.8) is 0 Å². The minimum atomic E-state index is -0.878. The molecule has 5 rings (SSSR count). The monoisotopic (exact) mass is 389 g/mol. The van der Waals surface area contributed by atoms with Crippen LogP contribution in [-0.4, -0.2) is 48.8 Å². The van der Waals surface area contributed by atoms with Gasteiger partial charge in [0.1, 0.15) is 24.2 Å². The summed E-state index contributed by atoms with van der Waals surface area (Å²) >= 11 is 0. The van der Waals surface area contributed by atoms with Crippen molar-refractivity contribution in [1.82, 2.24) is 24.6 Å². The Balaban J connectivity index is 1.40. The van der Waals surface area contributed by atoms with Gasteiger partial charge in [-0.1, -0.05) is 36.4 Å². The first-order chi connectivity index (χ1) is 14.1. The molecule has 3 atom stereocenters. The number of aromatic nitrogens is 4. The maximum Gasteiger partial charge on any atom is 0.272 e. The van der Waals surface area contributed by atoms with Crippen LogP contribution in [-0.2, 0) is 5.60 Å². The molecule has 2 aromatic heterocycles. The van der Waals surface area contributed by atoms with E-state index < -0.39 is 5.60 Å². The summed E-state index contributed by atoms with van der Waals surface area (Å²) < 4.78 is 1.68. The number of fused-ring (bicyclic) bond motifs is 1. The number of carbonyl (C=O) groups excluding carboxylic acids is 1. The number of nitrogens with zero attached hydrogens (tertiary/aromatic N) is 5. The quantitative estimate of drug-likeness (QED) is 0.744. The Bertz CT molecular complexity index is 1010. The molecule has 7 heteroatoms. The van der Waals surface area contributed by atoms with E-state index in [1.165, 1.54) is 0 Å². The molecule has 1 aliphatic carbocycles. The molecule has 0 radical (unpaired) electrons. The van der Waals surface area contributed by atoms with Crippen molar-refractivity contribution >= 4 is 5.91 Å². The van der Waals surface area contributed by atoms with E-state index in [0.29, 0.717) is 30.5 Å². The molecule has 1 saturated carbocycles. The van der Waals surface area contributed by atoms with Crippen LogP contribution < -0.4 is 0 Å². The van der Waals surface area contributed by atoms with Crippen LogP contribution in [0.4, 0.5) is 0 Å². The van der Waals surface area contributed by atoms with Gasteiger partial charge in [-0.25, -0.2) is 4.98 Å². The molecule has 1 amide bonds. The summed E-state index contributed by atoms with van der Waals surface area (Å²) in [6, 6.07) is 15.3. The number of rotatable bonds is 3. The van der Waals surface area contributed by atoms with Crippen molar-refractivity contribution in [3.05, 3.63) is 72.4 Å². The van der Waals surface area contributed by atoms with Gasteiger partial charge < -0.3 is 10.0 Å². The summed E-state index contributed by atoms with van der Waals surface area (Å²) in [5, 5.41) is 19.2. The molecule has 29 heavy (non-hydrogen) atoms. The fourth-order valence-corrected chi connectivity index (χ4v) is 4.94. The lowest BCUT2D eigenvalue weighted by atomic mass is 9.67. The smallest absolute Gasteiger partial charge is 0.272 e. The van der Waals surface area contributed by atoms with Crippen molar-refractivity contribution < 1.29 is 9.90 Å². The third-order valence-corrected chi connectivity index (χ3v) is 6.38. The summed E-state index contributed by atoms with van der Waals surface area (Å²) in [4.78, 5) is 19.6. The van der Waals surface area contributed by atoms with Gasteiger partial charge in [0, 0.05) is 19.0 Å². The predicted octanol–water partition coefficient (Wildman–Crippen LogP) is 2.42. The van der Waals surface area contributed by atoms with Gasteiger partial charge in [-0.15, -0.1) is 10.2 Å². The summed E-state index contributed by atoms with van der Waals surface area (Å²) in [5.41, 5.74) is 0.478. The maximum absolute atomic E-state index is 13.2. The van der Waals surface area contributed by atoms with Crippen LogP contribution in [0.15, 0.2) is 61.2 Å². The van der Waals surface area contributed by atoms with Gasteiger partial charge in [0.25, 0.3) is 5.91 Å². The molecule has 0 bridgehead atoms. The van der Waals surface area contributed by atoms with Crippen molar-refractivity contribution in [2.24, 2.45) is 11.8 Å². The highest BCUT2D eigenvalue weighted by Crippen LogP contribution is 2.48. The molecular weight excluding hydrogens is 366 g/mol. The zero-order valence-electron chi connectivity index (χ0n) is 16.1. The molecule has 0 unspecified atom stereocenters. The summed E-state index contributed by atoms with van der Waals surface area (Å²) in [6.07, 6.45) is 5.86. The van der Waals surface area contributed by atoms with Gasteiger partial charge in [-0.3, -0.25) is 9.36 Å². The number of aliphatic hydroxyl groups is 1. The lowest BCUT2D eigenvalue weighted by molar-refractivity contribution is -0.0644. The second kappa shape index (κ2) is 7.08. The van der Waals surface area contributed by atoms with E-state index in [4.69, 9.17) is 0 Å². The lowest BCUT2D eigenvalue weighted by Crippen LogP contribution is -2.43. The second-order valence-corrected chi connectivity index (χ2v) is 8.01. The number of carbonyl (C=O) groups is 1. The average molecular weight is 389 g/mol. The maximum atomic E-state index is 13.2. The molecule has 7 nitrogen and oxygen atoms in total. The number of benzene rings is 1. The van der Waals surface area contributed by atoms with Crippen LogP contribution in [0.2, 0.25) is 0 Å². The minimum absolute atomic E-state index is 0.0450. The van der Waals surface area contributed by atoms with Crippen LogP contribution in [0.3, 0.4) is 0 Å². The van der Waals surface area contributed by atoms with Crippen LogP contribution in [0.5, 0.6) is 0 Å². The fraction of sp³-hybridized carbons (Fsp3) is 0.364. The fourth-order valence-electron chi connectivity index (χ4n) is 4.94.